The quantitative estimate of drug-likeness (QED) is 0.500. The summed E-state index contributed by atoms with van der Waals surface area (Å²) < 4.78 is 12.6. The Morgan fingerprint density at radius 2 is 1.78 bits per heavy atom. The zero-order chi connectivity index (χ0) is 23.3. The molecule has 3 rings (SSSR count). The number of hydrogen-bond donors (Lipinski definition) is 2. The van der Waals surface area contributed by atoms with Gasteiger partial charge in [0, 0.05) is 35.6 Å². The average molecular weight is 440 g/mol. The van der Waals surface area contributed by atoms with Crippen LogP contribution in [0.1, 0.15) is 42.1 Å². The minimum atomic E-state index is -0.101. The number of amides is 1. The Balaban J connectivity index is 1.59. The van der Waals surface area contributed by atoms with Crippen LogP contribution in [0.2, 0.25) is 0 Å². The van der Waals surface area contributed by atoms with Crippen LogP contribution >= 0.6 is 0 Å². The Hall–Kier alpha value is -3.29. The van der Waals surface area contributed by atoms with Crippen LogP contribution in [-0.4, -0.2) is 40.1 Å². The number of aromatic nitrogens is 4. The maximum absolute atomic E-state index is 12.6. The molecule has 0 radical (unpaired) electrons. The highest BCUT2D eigenvalue weighted by Crippen LogP contribution is 2.23. The second-order valence-corrected chi connectivity index (χ2v) is 8.45. The van der Waals surface area contributed by atoms with Crippen LogP contribution in [-0.2, 0) is 30.6 Å². The number of aryl methyl sites for hydroxylation is 3. The van der Waals surface area contributed by atoms with Crippen molar-refractivity contribution in [1.29, 1.82) is 0 Å². The van der Waals surface area contributed by atoms with Gasteiger partial charge in [-0.1, -0.05) is 13.8 Å². The highest BCUT2D eigenvalue weighted by molar-refractivity contribution is 5.91. The third-order valence-corrected chi connectivity index (χ3v) is 5.40. The lowest BCUT2D eigenvalue weighted by atomic mass is 10.1. The number of carbonyl (C=O) groups excluding carboxylic acids is 1. The maximum atomic E-state index is 12.6. The predicted molar refractivity (Wildman–Crippen MR) is 124 cm³/mol. The highest BCUT2D eigenvalue weighted by atomic mass is 16.5. The van der Waals surface area contributed by atoms with Crippen molar-refractivity contribution in [2.45, 2.75) is 53.5 Å². The number of methoxy groups -OCH3 is 2. The first-order valence-corrected chi connectivity index (χ1v) is 10.9. The van der Waals surface area contributed by atoms with Gasteiger partial charge in [0.1, 0.15) is 11.5 Å². The highest BCUT2D eigenvalue weighted by Gasteiger charge is 2.16. The van der Waals surface area contributed by atoms with Crippen LogP contribution in [0.5, 0.6) is 11.5 Å². The van der Waals surface area contributed by atoms with E-state index in [4.69, 9.17) is 9.47 Å². The molecule has 3 aromatic rings. The fourth-order valence-electron chi connectivity index (χ4n) is 3.70. The van der Waals surface area contributed by atoms with Crippen molar-refractivity contribution in [2.75, 3.05) is 19.5 Å². The molecule has 172 valence electrons. The minimum absolute atomic E-state index is 0.101. The molecular formula is C24H33N5O3. The molecule has 8 nitrogen and oxygen atoms in total. The zero-order valence-corrected chi connectivity index (χ0v) is 19.8. The van der Waals surface area contributed by atoms with E-state index in [0.717, 1.165) is 59.1 Å². The Labute approximate surface area is 189 Å². The van der Waals surface area contributed by atoms with E-state index in [-0.39, 0.29) is 12.3 Å². The van der Waals surface area contributed by atoms with Gasteiger partial charge < -0.3 is 14.8 Å². The molecular weight excluding hydrogens is 406 g/mol. The van der Waals surface area contributed by atoms with Gasteiger partial charge in [0.2, 0.25) is 5.91 Å². The van der Waals surface area contributed by atoms with Crippen molar-refractivity contribution in [1.82, 2.24) is 20.0 Å². The second-order valence-electron chi connectivity index (χ2n) is 8.45. The van der Waals surface area contributed by atoms with Crippen molar-refractivity contribution in [3.05, 3.63) is 52.5 Å². The van der Waals surface area contributed by atoms with Gasteiger partial charge in [-0.2, -0.15) is 10.2 Å². The molecule has 0 spiro atoms. The fourth-order valence-corrected chi connectivity index (χ4v) is 3.70. The van der Waals surface area contributed by atoms with Crippen molar-refractivity contribution in [3.63, 3.8) is 0 Å². The summed E-state index contributed by atoms with van der Waals surface area (Å²) in [5.41, 5.74) is 4.97. The summed E-state index contributed by atoms with van der Waals surface area (Å²) in [5, 5.41) is 14.7. The molecule has 0 aliphatic rings. The summed E-state index contributed by atoms with van der Waals surface area (Å²) in [6.07, 6.45) is 1.82. The molecule has 2 N–H and O–H groups in total. The number of nitrogens with zero attached hydrogens (tertiary/aromatic N) is 3. The average Bonchev–Trinajstić information content (AvgIpc) is 3.30. The van der Waals surface area contributed by atoms with Crippen LogP contribution in [0.4, 0.5) is 5.82 Å². The number of benzene rings is 1. The number of rotatable bonds is 10. The molecule has 0 saturated carbocycles. The van der Waals surface area contributed by atoms with Crippen LogP contribution in [0.15, 0.2) is 24.3 Å². The van der Waals surface area contributed by atoms with Gasteiger partial charge >= 0.3 is 0 Å². The molecule has 1 aromatic carbocycles. The van der Waals surface area contributed by atoms with E-state index >= 15 is 0 Å². The fraction of sp³-hybridized carbons (Fsp3) is 0.458. The topological polar surface area (TPSA) is 94.1 Å². The summed E-state index contributed by atoms with van der Waals surface area (Å²) in [5.74, 6) is 2.45. The summed E-state index contributed by atoms with van der Waals surface area (Å²) >= 11 is 0. The SMILES string of the molecule is COc1cc(CCc2cc(NC(=O)Cc3c(C)nn(CC(C)C)c3C)n[nH]2)cc(OC)c1. The number of H-pyrrole nitrogens is 1. The monoisotopic (exact) mass is 439 g/mol. The third kappa shape index (κ3) is 5.90. The molecule has 0 saturated heterocycles. The number of hydrogen-bond acceptors (Lipinski definition) is 5. The standard InChI is InChI=1S/C24H33N5O3/c1-15(2)14-29-17(4)22(16(3)28-29)13-24(30)25-23-11-19(26-27-23)8-7-18-9-20(31-5)12-21(10-18)32-6/h9-12,15H,7-8,13-14H2,1-6H3,(H2,25,26,27,30). The normalized spacial score (nSPS) is 11.1. The van der Waals surface area contributed by atoms with Crippen molar-refractivity contribution < 1.29 is 14.3 Å². The van der Waals surface area contributed by atoms with E-state index in [1.165, 1.54) is 0 Å². The first-order valence-electron chi connectivity index (χ1n) is 10.9. The van der Waals surface area contributed by atoms with E-state index in [1.807, 2.05) is 42.8 Å². The first-order chi connectivity index (χ1) is 15.3. The Kier molecular flexibility index (Phi) is 7.56. The minimum Gasteiger partial charge on any atom is -0.497 e. The number of nitrogens with one attached hydrogen (secondary N) is 2. The molecule has 0 aliphatic carbocycles. The van der Waals surface area contributed by atoms with Gasteiger partial charge in [0.25, 0.3) is 0 Å². The molecule has 0 unspecified atom stereocenters. The van der Waals surface area contributed by atoms with E-state index < -0.39 is 0 Å². The number of ether oxygens (including phenoxy) is 2. The number of anilines is 1. The third-order valence-electron chi connectivity index (χ3n) is 5.40. The first kappa shape index (κ1) is 23.4. The molecule has 32 heavy (non-hydrogen) atoms. The second kappa shape index (κ2) is 10.3. The summed E-state index contributed by atoms with van der Waals surface area (Å²) in [7, 11) is 3.28. The lowest BCUT2D eigenvalue weighted by Gasteiger charge is -2.08. The Morgan fingerprint density at radius 3 is 2.41 bits per heavy atom. The molecule has 8 heteroatoms. The van der Waals surface area contributed by atoms with Crippen molar-refractivity contribution >= 4 is 11.7 Å². The van der Waals surface area contributed by atoms with Crippen molar-refractivity contribution in [2.24, 2.45) is 5.92 Å². The number of carbonyl (C=O) groups is 1. The van der Waals surface area contributed by atoms with Crippen LogP contribution in [0.25, 0.3) is 0 Å². The molecule has 0 fully saturated rings. The van der Waals surface area contributed by atoms with Crippen LogP contribution in [0, 0.1) is 19.8 Å². The molecule has 2 heterocycles. The largest absolute Gasteiger partial charge is 0.497 e. The van der Waals surface area contributed by atoms with Gasteiger partial charge in [-0.25, -0.2) is 0 Å². The van der Waals surface area contributed by atoms with E-state index in [9.17, 15) is 4.79 Å². The smallest absolute Gasteiger partial charge is 0.230 e. The van der Waals surface area contributed by atoms with E-state index in [2.05, 4.69) is 34.5 Å². The molecule has 0 aliphatic heterocycles. The summed E-state index contributed by atoms with van der Waals surface area (Å²) in [6.45, 7) is 9.12. The summed E-state index contributed by atoms with van der Waals surface area (Å²) in [4.78, 5) is 12.6. The Bertz CT molecular complexity index is 1050. The molecule has 0 bridgehead atoms. The maximum Gasteiger partial charge on any atom is 0.230 e. The van der Waals surface area contributed by atoms with Crippen LogP contribution < -0.4 is 14.8 Å². The predicted octanol–water partition coefficient (Wildman–Crippen LogP) is 3.86. The van der Waals surface area contributed by atoms with E-state index in [1.54, 1.807) is 14.2 Å². The van der Waals surface area contributed by atoms with Gasteiger partial charge in [-0.05, 0) is 50.3 Å². The van der Waals surface area contributed by atoms with Gasteiger partial charge in [-0.3, -0.25) is 14.6 Å². The van der Waals surface area contributed by atoms with Gasteiger partial charge in [0.15, 0.2) is 5.82 Å². The molecule has 0 atom stereocenters. The van der Waals surface area contributed by atoms with E-state index in [0.29, 0.717) is 11.7 Å². The lowest BCUT2D eigenvalue weighted by Crippen LogP contribution is -2.16. The van der Waals surface area contributed by atoms with Crippen molar-refractivity contribution in [3.8, 4) is 11.5 Å². The lowest BCUT2D eigenvalue weighted by molar-refractivity contribution is -0.115. The van der Waals surface area contributed by atoms with Gasteiger partial charge in [-0.15, -0.1) is 0 Å². The zero-order valence-electron chi connectivity index (χ0n) is 19.8. The molecule has 1 amide bonds. The number of aromatic amines is 1. The van der Waals surface area contributed by atoms with Gasteiger partial charge in [0.05, 0.1) is 26.3 Å². The summed E-state index contributed by atoms with van der Waals surface area (Å²) in [6, 6.07) is 7.71. The van der Waals surface area contributed by atoms with Crippen LogP contribution in [0.3, 0.4) is 0 Å². The Morgan fingerprint density at radius 1 is 1.09 bits per heavy atom. The molecule has 2 aromatic heterocycles.